The summed E-state index contributed by atoms with van der Waals surface area (Å²) in [5.74, 6) is -1.21. The van der Waals surface area contributed by atoms with Crippen LogP contribution in [0.15, 0.2) is 24.3 Å². The molecule has 2 saturated heterocycles. The highest BCUT2D eigenvalue weighted by Gasteiger charge is 2.51. The third-order valence-electron chi connectivity index (χ3n) is 4.67. The van der Waals surface area contributed by atoms with Crippen LogP contribution in [-0.2, 0) is 30.3 Å². The molecule has 4 N–H and O–H groups in total. The van der Waals surface area contributed by atoms with Gasteiger partial charge in [0.25, 0.3) is 0 Å². The van der Waals surface area contributed by atoms with Crippen molar-refractivity contribution in [2.45, 2.75) is 63.8 Å². The van der Waals surface area contributed by atoms with Gasteiger partial charge in [-0.3, -0.25) is 4.79 Å². The lowest BCUT2D eigenvalue weighted by molar-refractivity contribution is -0.991. The molecule has 2 fully saturated rings. The van der Waals surface area contributed by atoms with Crippen molar-refractivity contribution in [1.29, 1.82) is 0 Å². The minimum absolute atomic E-state index is 0.109. The Morgan fingerprint density at radius 3 is 2.68 bits per heavy atom. The first-order chi connectivity index (χ1) is 13.2. The molecular formula is C18H26N2O8. The average molecular weight is 398 g/mol. The number of rotatable bonds is 5. The van der Waals surface area contributed by atoms with Gasteiger partial charge in [0.2, 0.25) is 5.91 Å². The van der Waals surface area contributed by atoms with Crippen molar-refractivity contribution < 1.29 is 39.3 Å². The second-order valence-corrected chi connectivity index (χ2v) is 7.37. The van der Waals surface area contributed by atoms with Crippen LogP contribution in [0.5, 0.6) is 0 Å². The molecule has 0 aromatic heterocycles. The van der Waals surface area contributed by atoms with Crippen molar-refractivity contribution in [3.63, 3.8) is 0 Å². The summed E-state index contributed by atoms with van der Waals surface area (Å²) >= 11 is 0. The minimum atomic E-state index is -1.05. The highest BCUT2D eigenvalue weighted by atomic mass is 16.8. The van der Waals surface area contributed by atoms with Gasteiger partial charge in [-0.1, -0.05) is 12.1 Å². The number of quaternary nitrogens is 1. The molecular weight excluding hydrogens is 372 g/mol. The normalized spacial score (nSPS) is 33.0. The van der Waals surface area contributed by atoms with Crippen LogP contribution in [0, 0.1) is 5.21 Å². The van der Waals surface area contributed by atoms with E-state index in [0.717, 1.165) is 5.56 Å². The Hall–Kier alpha value is -1.63. The molecule has 28 heavy (non-hydrogen) atoms. The van der Waals surface area contributed by atoms with E-state index >= 15 is 0 Å². The van der Waals surface area contributed by atoms with Gasteiger partial charge in [-0.2, -0.15) is 5.23 Å². The van der Waals surface area contributed by atoms with E-state index < -0.39 is 41.7 Å². The fourth-order valence-electron chi connectivity index (χ4n) is 3.30. The first kappa shape index (κ1) is 21.1. The van der Waals surface area contributed by atoms with Gasteiger partial charge in [-0.25, -0.2) is 5.21 Å². The number of hydrogen-bond donors (Lipinski definition) is 4. The fraction of sp³-hybridized carbons (Fsp3) is 0.611. The lowest BCUT2D eigenvalue weighted by atomic mass is 9.95. The van der Waals surface area contributed by atoms with E-state index in [9.17, 15) is 15.1 Å². The molecule has 0 saturated carbocycles. The summed E-state index contributed by atoms with van der Waals surface area (Å²) in [5, 5.41) is 32.3. The summed E-state index contributed by atoms with van der Waals surface area (Å²) in [6, 6.07) is 5.39. The fourth-order valence-corrected chi connectivity index (χ4v) is 3.30. The number of ether oxygens (including phenoxy) is 4. The predicted molar refractivity (Wildman–Crippen MR) is 94.2 cm³/mol. The van der Waals surface area contributed by atoms with E-state index in [4.69, 9.17) is 24.2 Å². The summed E-state index contributed by atoms with van der Waals surface area (Å²) in [5.41, 5.74) is 0.898. The third-order valence-corrected chi connectivity index (χ3v) is 4.67. The lowest BCUT2D eigenvalue weighted by Crippen LogP contribution is -2.99. The van der Waals surface area contributed by atoms with Crippen molar-refractivity contribution in [2.75, 3.05) is 6.61 Å². The van der Waals surface area contributed by atoms with Crippen LogP contribution >= 0.6 is 0 Å². The second kappa shape index (κ2) is 8.39. The molecule has 156 valence electrons. The topological polar surface area (TPSA) is 134 Å². The van der Waals surface area contributed by atoms with Crippen molar-refractivity contribution in [1.82, 2.24) is 5.32 Å². The second-order valence-electron chi connectivity index (χ2n) is 7.37. The highest BCUT2D eigenvalue weighted by Crippen LogP contribution is 2.33. The predicted octanol–water partition coefficient (Wildman–Crippen LogP) is -0.651. The quantitative estimate of drug-likeness (QED) is 0.481. The number of benzene rings is 1. The monoisotopic (exact) mass is 398 g/mol. The Kier molecular flexibility index (Phi) is 6.32. The van der Waals surface area contributed by atoms with Gasteiger partial charge in [0.1, 0.15) is 24.4 Å². The standard InChI is InChI=1S/C18H26N2O8/c1-10(21)19-14-15(22)16-13(9-26-18(2,3)28-16)27-17(14)25-8-11-4-6-12(7-5-11)20(23)24/h4-7,13-17,20,22-23H,8-9H2,1-3H3,(H,19,21)/t13-,14-,15-,16-,17+/m1/s1. The molecule has 1 aromatic rings. The summed E-state index contributed by atoms with van der Waals surface area (Å²) in [4.78, 5) is 11.6. The molecule has 1 aromatic carbocycles. The Morgan fingerprint density at radius 2 is 2.07 bits per heavy atom. The van der Waals surface area contributed by atoms with Gasteiger partial charge < -0.3 is 34.6 Å². The summed E-state index contributed by atoms with van der Waals surface area (Å²) < 4.78 is 23.1. The number of aliphatic hydroxyl groups excluding tert-OH is 1. The van der Waals surface area contributed by atoms with Crippen LogP contribution in [0.1, 0.15) is 26.3 Å². The zero-order valence-corrected chi connectivity index (χ0v) is 16.0. The van der Waals surface area contributed by atoms with Gasteiger partial charge >= 0.3 is 0 Å². The Labute approximate surface area is 162 Å². The lowest BCUT2D eigenvalue weighted by Gasteiger charge is -2.49. The molecule has 10 nitrogen and oxygen atoms in total. The number of nitrogens with one attached hydrogen (secondary N) is 2. The summed E-state index contributed by atoms with van der Waals surface area (Å²) in [7, 11) is 0. The molecule has 0 bridgehead atoms. The van der Waals surface area contributed by atoms with Crippen LogP contribution in [0.3, 0.4) is 0 Å². The van der Waals surface area contributed by atoms with Crippen molar-refractivity contribution in [3.05, 3.63) is 35.0 Å². The SMILES string of the molecule is CC(=O)N[C@H]1[C@@H](OCc2ccc([NH+]([O-])O)cc2)O[C@@H]2COC(C)(C)O[C@H]2[C@@H]1O. The van der Waals surface area contributed by atoms with E-state index in [-0.39, 0.29) is 24.8 Å². The molecule has 1 amide bonds. The number of carbonyl (C=O) groups excluding carboxylic acids is 1. The molecule has 2 heterocycles. The molecule has 3 rings (SSSR count). The van der Waals surface area contributed by atoms with Crippen molar-refractivity contribution in [2.24, 2.45) is 0 Å². The molecule has 2 aliphatic rings. The van der Waals surface area contributed by atoms with E-state index in [1.807, 2.05) is 0 Å². The van der Waals surface area contributed by atoms with Crippen LogP contribution in [-0.4, -0.2) is 59.3 Å². The Balaban J connectivity index is 1.70. The smallest absolute Gasteiger partial charge is 0.217 e. The van der Waals surface area contributed by atoms with Gasteiger partial charge in [-0.15, -0.1) is 0 Å². The first-order valence-electron chi connectivity index (χ1n) is 9.02. The van der Waals surface area contributed by atoms with Gasteiger partial charge in [0.15, 0.2) is 17.8 Å². The zero-order valence-electron chi connectivity index (χ0n) is 16.0. The number of amides is 1. The number of carbonyl (C=O) groups is 1. The molecule has 10 heteroatoms. The first-order valence-corrected chi connectivity index (χ1v) is 9.02. The van der Waals surface area contributed by atoms with E-state index in [2.05, 4.69) is 5.32 Å². The molecule has 0 spiro atoms. The van der Waals surface area contributed by atoms with E-state index in [1.54, 1.807) is 26.0 Å². The van der Waals surface area contributed by atoms with Gasteiger partial charge in [-0.05, 0) is 19.4 Å². The molecule has 6 atom stereocenters. The molecule has 0 radical (unpaired) electrons. The zero-order chi connectivity index (χ0) is 20.5. The van der Waals surface area contributed by atoms with Crippen LogP contribution in [0.2, 0.25) is 0 Å². The number of fused-ring (bicyclic) bond motifs is 1. The Bertz CT molecular complexity index is 681. The third kappa shape index (κ3) is 4.85. The van der Waals surface area contributed by atoms with Crippen molar-refractivity contribution in [3.8, 4) is 0 Å². The van der Waals surface area contributed by atoms with Gasteiger partial charge in [0, 0.05) is 19.1 Å². The summed E-state index contributed by atoms with van der Waals surface area (Å²) in [6.07, 6.45) is -3.19. The number of aliphatic hydroxyl groups is 1. The molecule has 1 unspecified atom stereocenters. The van der Waals surface area contributed by atoms with Crippen LogP contribution < -0.4 is 10.5 Å². The van der Waals surface area contributed by atoms with E-state index in [1.165, 1.54) is 19.1 Å². The summed E-state index contributed by atoms with van der Waals surface area (Å²) in [6.45, 7) is 5.15. The van der Waals surface area contributed by atoms with Crippen LogP contribution in [0.25, 0.3) is 0 Å². The number of hydrogen-bond acceptors (Lipinski definition) is 8. The molecule has 0 aliphatic carbocycles. The van der Waals surface area contributed by atoms with Crippen LogP contribution in [0.4, 0.5) is 5.69 Å². The van der Waals surface area contributed by atoms with Crippen molar-refractivity contribution >= 4 is 11.6 Å². The highest BCUT2D eigenvalue weighted by molar-refractivity contribution is 5.73. The molecule has 2 aliphatic heterocycles. The largest absolute Gasteiger partial charge is 0.595 e. The average Bonchev–Trinajstić information content (AvgIpc) is 2.63. The maximum Gasteiger partial charge on any atom is 0.217 e. The maximum atomic E-state index is 11.6. The maximum absolute atomic E-state index is 11.6. The minimum Gasteiger partial charge on any atom is -0.595 e. The van der Waals surface area contributed by atoms with E-state index in [0.29, 0.717) is 0 Å². The van der Waals surface area contributed by atoms with Gasteiger partial charge in [0.05, 0.1) is 13.2 Å². The Morgan fingerprint density at radius 1 is 1.39 bits per heavy atom.